The van der Waals surface area contributed by atoms with Gasteiger partial charge in [0.15, 0.2) is 5.82 Å². The molecule has 1 aliphatic rings. The van der Waals surface area contributed by atoms with Crippen molar-refractivity contribution in [3.05, 3.63) is 30.5 Å². The van der Waals surface area contributed by atoms with Crippen LogP contribution in [0.15, 0.2) is 29.1 Å². The highest BCUT2D eigenvalue weighted by atomic mass is 16.5. The number of nitrogen functional groups attached to an aromatic ring is 1. The number of hydrogen-bond acceptors (Lipinski definition) is 6. The summed E-state index contributed by atoms with van der Waals surface area (Å²) in [6, 6.07) is 4.29. The van der Waals surface area contributed by atoms with Crippen LogP contribution in [0.4, 0.5) is 11.5 Å². The van der Waals surface area contributed by atoms with E-state index in [9.17, 15) is 0 Å². The molecule has 100 valence electrons. The Morgan fingerprint density at radius 3 is 2.95 bits per heavy atom. The largest absolute Gasteiger partial charge is 0.479 e. The number of aromatic nitrogens is 2. The quantitative estimate of drug-likeness (QED) is 0.883. The Kier molecular flexibility index (Phi) is 2.98. The van der Waals surface area contributed by atoms with Crippen molar-refractivity contribution in [1.29, 1.82) is 0 Å². The normalized spacial score (nSPS) is 14.4. The minimum Gasteiger partial charge on any atom is -0.479 e. The third-order valence-electron chi connectivity index (χ3n) is 3.19. The minimum atomic E-state index is 0.412. The molecule has 0 amide bonds. The lowest BCUT2D eigenvalue weighted by atomic mass is 10.3. The molecule has 2 N–H and O–H groups in total. The summed E-state index contributed by atoms with van der Waals surface area (Å²) in [5, 5.41) is 0. The maximum atomic E-state index is 6.07. The van der Waals surface area contributed by atoms with Gasteiger partial charge < -0.3 is 19.8 Å². The van der Waals surface area contributed by atoms with E-state index in [-0.39, 0.29) is 0 Å². The first-order valence-corrected chi connectivity index (χ1v) is 6.23. The van der Waals surface area contributed by atoms with E-state index in [0.29, 0.717) is 30.0 Å². The van der Waals surface area contributed by atoms with Crippen LogP contribution in [0.25, 0.3) is 0 Å². The predicted molar refractivity (Wildman–Crippen MR) is 70.9 cm³/mol. The van der Waals surface area contributed by atoms with Crippen molar-refractivity contribution in [3.63, 3.8) is 0 Å². The first-order chi connectivity index (χ1) is 9.29. The number of anilines is 2. The van der Waals surface area contributed by atoms with E-state index in [1.165, 1.54) is 6.33 Å². The fourth-order valence-corrected chi connectivity index (χ4v) is 2.10. The number of nitrogens with two attached hydrogens (primary N) is 1. The number of ether oxygens (including phenoxy) is 1. The van der Waals surface area contributed by atoms with Gasteiger partial charge in [-0.2, -0.15) is 4.98 Å². The summed E-state index contributed by atoms with van der Waals surface area (Å²) in [5.74, 6) is 2.02. The van der Waals surface area contributed by atoms with Gasteiger partial charge in [-0.15, -0.1) is 0 Å². The van der Waals surface area contributed by atoms with Gasteiger partial charge in [-0.05, 0) is 25.0 Å². The number of methoxy groups -OCH3 is 1. The van der Waals surface area contributed by atoms with Crippen LogP contribution >= 0.6 is 0 Å². The molecule has 1 saturated carbocycles. The molecule has 1 fully saturated rings. The Morgan fingerprint density at radius 1 is 1.47 bits per heavy atom. The second-order valence-electron chi connectivity index (χ2n) is 4.56. The van der Waals surface area contributed by atoms with Gasteiger partial charge in [0.25, 0.3) is 0 Å². The molecule has 2 aromatic heterocycles. The zero-order chi connectivity index (χ0) is 13.2. The van der Waals surface area contributed by atoms with Crippen molar-refractivity contribution in [1.82, 2.24) is 9.97 Å². The molecule has 0 bridgehead atoms. The molecule has 0 aromatic carbocycles. The van der Waals surface area contributed by atoms with Crippen molar-refractivity contribution in [2.75, 3.05) is 17.7 Å². The van der Waals surface area contributed by atoms with Gasteiger partial charge in [-0.3, -0.25) is 0 Å². The van der Waals surface area contributed by atoms with Crippen molar-refractivity contribution in [3.8, 4) is 5.88 Å². The van der Waals surface area contributed by atoms with E-state index in [2.05, 4.69) is 14.9 Å². The van der Waals surface area contributed by atoms with Gasteiger partial charge >= 0.3 is 0 Å². The first kappa shape index (κ1) is 11.8. The van der Waals surface area contributed by atoms with Crippen LogP contribution in [0.2, 0.25) is 0 Å². The fraction of sp³-hybridized carbons (Fsp3) is 0.385. The molecule has 1 aliphatic carbocycles. The molecule has 0 atom stereocenters. The van der Waals surface area contributed by atoms with Crippen LogP contribution in [0.1, 0.15) is 18.6 Å². The van der Waals surface area contributed by atoms with E-state index in [0.717, 1.165) is 18.6 Å². The summed E-state index contributed by atoms with van der Waals surface area (Å²) >= 11 is 0. The molecule has 0 radical (unpaired) electrons. The van der Waals surface area contributed by atoms with E-state index in [4.69, 9.17) is 14.9 Å². The first-order valence-electron chi connectivity index (χ1n) is 6.23. The predicted octanol–water partition coefficient (Wildman–Crippen LogP) is 1.83. The van der Waals surface area contributed by atoms with Crippen molar-refractivity contribution >= 4 is 11.5 Å². The molecule has 0 saturated heterocycles. The average molecular weight is 260 g/mol. The lowest BCUT2D eigenvalue weighted by Gasteiger charge is -2.23. The van der Waals surface area contributed by atoms with Gasteiger partial charge in [0.05, 0.1) is 19.9 Å². The van der Waals surface area contributed by atoms with Gasteiger partial charge in [0.1, 0.15) is 17.8 Å². The molecule has 6 nitrogen and oxygen atoms in total. The zero-order valence-electron chi connectivity index (χ0n) is 10.7. The van der Waals surface area contributed by atoms with Crippen molar-refractivity contribution < 1.29 is 9.15 Å². The Hall–Kier alpha value is -2.24. The number of rotatable bonds is 5. The van der Waals surface area contributed by atoms with Crippen molar-refractivity contribution in [2.45, 2.75) is 25.4 Å². The van der Waals surface area contributed by atoms with Gasteiger partial charge in [0, 0.05) is 6.04 Å². The van der Waals surface area contributed by atoms with Crippen LogP contribution < -0.4 is 15.4 Å². The molecule has 0 aliphatic heterocycles. The Bertz CT molecular complexity index is 552. The molecular formula is C13H16N4O2. The van der Waals surface area contributed by atoms with Crippen LogP contribution in [0.5, 0.6) is 5.88 Å². The SMILES string of the molecule is COc1ncnc(N(Cc2ccco2)C2CC2)c1N. The highest BCUT2D eigenvalue weighted by Gasteiger charge is 2.32. The highest BCUT2D eigenvalue weighted by molar-refractivity contribution is 5.68. The van der Waals surface area contributed by atoms with Crippen LogP contribution in [0, 0.1) is 0 Å². The molecule has 6 heteroatoms. The van der Waals surface area contributed by atoms with E-state index in [1.54, 1.807) is 13.4 Å². The molecule has 0 spiro atoms. The fourth-order valence-electron chi connectivity index (χ4n) is 2.10. The maximum Gasteiger partial charge on any atom is 0.242 e. The van der Waals surface area contributed by atoms with E-state index in [1.807, 2.05) is 12.1 Å². The van der Waals surface area contributed by atoms with Crippen molar-refractivity contribution in [2.24, 2.45) is 0 Å². The van der Waals surface area contributed by atoms with Gasteiger partial charge in [-0.1, -0.05) is 0 Å². The zero-order valence-corrected chi connectivity index (χ0v) is 10.7. The lowest BCUT2D eigenvalue weighted by Crippen LogP contribution is -2.27. The summed E-state index contributed by atoms with van der Waals surface area (Å²) in [5.41, 5.74) is 6.54. The summed E-state index contributed by atoms with van der Waals surface area (Å²) in [6.07, 6.45) is 5.44. The number of nitrogens with zero attached hydrogens (tertiary/aromatic N) is 3. The Labute approximate surface area is 111 Å². The molecule has 2 aromatic rings. The number of furan rings is 1. The van der Waals surface area contributed by atoms with Gasteiger partial charge in [-0.25, -0.2) is 4.98 Å². The summed E-state index contributed by atoms with van der Waals surface area (Å²) < 4.78 is 10.5. The molecule has 0 unspecified atom stereocenters. The summed E-state index contributed by atoms with van der Waals surface area (Å²) in [6.45, 7) is 0.655. The Balaban J connectivity index is 1.92. The Morgan fingerprint density at radius 2 is 2.32 bits per heavy atom. The summed E-state index contributed by atoms with van der Waals surface area (Å²) in [4.78, 5) is 10.5. The number of hydrogen-bond donors (Lipinski definition) is 1. The standard InChI is InChI=1S/C13H16N4O2/c1-18-13-11(14)12(15-8-16-13)17(9-4-5-9)7-10-3-2-6-19-10/h2-3,6,8-9H,4-5,7,14H2,1H3. The highest BCUT2D eigenvalue weighted by Crippen LogP contribution is 2.37. The molecular weight excluding hydrogens is 244 g/mol. The maximum absolute atomic E-state index is 6.07. The average Bonchev–Trinajstić information content (AvgIpc) is 3.14. The van der Waals surface area contributed by atoms with E-state index < -0.39 is 0 Å². The topological polar surface area (TPSA) is 77.4 Å². The second kappa shape index (κ2) is 4.79. The monoisotopic (exact) mass is 260 g/mol. The lowest BCUT2D eigenvalue weighted by molar-refractivity contribution is 0.399. The third kappa shape index (κ3) is 2.33. The smallest absolute Gasteiger partial charge is 0.242 e. The second-order valence-corrected chi connectivity index (χ2v) is 4.56. The minimum absolute atomic E-state index is 0.412. The summed E-state index contributed by atoms with van der Waals surface area (Å²) in [7, 11) is 1.55. The molecule has 19 heavy (non-hydrogen) atoms. The van der Waals surface area contributed by atoms with Crippen LogP contribution in [-0.4, -0.2) is 23.1 Å². The molecule has 3 rings (SSSR count). The van der Waals surface area contributed by atoms with Gasteiger partial charge in [0.2, 0.25) is 5.88 Å². The van der Waals surface area contributed by atoms with E-state index >= 15 is 0 Å². The van der Waals surface area contributed by atoms with Crippen LogP contribution in [-0.2, 0) is 6.54 Å². The molecule has 2 heterocycles. The van der Waals surface area contributed by atoms with Crippen LogP contribution in [0.3, 0.4) is 0 Å². The third-order valence-corrected chi connectivity index (χ3v) is 3.19.